The van der Waals surface area contributed by atoms with Gasteiger partial charge in [-0.2, -0.15) is 0 Å². The first kappa shape index (κ1) is 18.3. The number of ether oxygens (including phenoxy) is 2. The predicted molar refractivity (Wildman–Crippen MR) is 100 cm³/mol. The van der Waals surface area contributed by atoms with E-state index in [-0.39, 0.29) is 17.5 Å². The van der Waals surface area contributed by atoms with E-state index in [0.717, 1.165) is 32.0 Å². The topological polar surface area (TPSA) is 102 Å². The number of fused-ring (bicyclic) bond motifs is 1. The SMILES string of the molecule is COc1cc2nc(C3CCC(C=O)CC3)oc2cc1N1C(C(=O)O)=COC1C. The van der Waals surface area contributed by atoms with E-state index >= 15 is 0 Å². The van der Waals surface area contributed by atoms with Crippen molar-refractivity contribution in [3.63, 3.8) is 0 Å². The fourth-order valence-corrected chi connectivity index (χ4v) is 3.95. The second-order valence-corrected chi connectivity index (χ2v) is 7.21. The highest BCUT2D eigenvalue weighted by Crippen LogP contribution is 2.41. The molecular weight excluding hydrogens is 364 g/mol. The molecule has 2 aromatic rings. The van der Waals surface area contributed by atoms with Crippen LogP contribution in [0.25, 0.3) is 11.1 Å². The third-order valence-corrected chi connectivity index (χ3v) is 5.50. The Kier molecular flexibility index (Phi) is 4.70. The van der Waals surface area contributed by atoms with Crippen molar-refractivity contribution in [1.82, 2.24) is 4.98 Å². The Hall–Kier alpha value is -3.03. The molecule has 28 heavy (non-hydrogen) atoms. The summed E-state index contributed by atoms with van der Waals surface area (Å²) < 4.78 is 16.9. The van der Waals surface area contributed by atoms with E-state index in [9.17, 15) is 14.7 Å². The van der Waals surface area contributed by atoms with Crippen molar-refractivity contribution in [3.05, 3.63) is 30.0 Å². The predicted octanol–water partition coefficient (Wildman–Crippen LogP) is 3.42. The summed E-state index contributed by atoms with van der Waals surface area (Å²) in [5.74, 6) is 0.364. The van der Waals surface area contributed by atoms with E-state index in [1.54, 1.807) is 24.0 Å². The largest absolute Gasteiger partial charge is 0.494 e. The Morgan fingerprint density at radius 3 is 2.71 bits per heavy atom. The summed E-state index contributed by atoms with van der Waals surface area (Å²) in [4.78, 5) is 28.7. The van der Waals surface area contributed by atoms with Gasteiger partial charge in [-0.15, -0.1) is 0 Å². The minimum absolute atomic E-state index is 0.0251. The fraction of sp³-hybridized carbons (Fsp3) is 0.450. The van der Waals surface area contributed by atoms with Gasteiger partial charge in [-0.1, -0.05) is 0 Å². The Morgan fingerprint density at radius 2 is 2.07 bits per heavy atom. The zero-order valence-electron chi connectivity index (χ0n) is 15.8. The van der Waals surface area contributed by atoms with E-state index in [4.69, 9.17) is 13.9 Å². The maximum Gasteiger partial charge on any atom is 0.355 e. The van der Waals surface area contributed by atoms with Gasteiger partial charge in [0, 0.05) is 24.0 Å². The lowest BCUT2D eigenvalue weighted by molar-refractivity contribution is -0.132. The molecule has 1 saturated carbocycles. The Morgan fingerprint density at radius 1 is 1.32 bits per heavy atom. The Balaban J connectivity index is 1.70. The number of benzene rings is 1. The molecule has 0 saturated heterocycles. The molecule has 1 aliphatic heterocycles. The van der Waals surface area contributed by atoms with Gasteiger partial charge in [-0.25, -0.2) is 9.78 Å². The zero-order valence-corrected chi connectivity index (χ0v) is 15.8. The van der Waals surface area contributed by atoms with Crippen LogP contribution in [-0.4, -0.2) is 35.7 Å². The number of aromatic nitrogens is 1. The first-order valence-electron chi connectivity index (χ1n) is 9.33. The van der Waals surface area contributed by atoms with Crippen molar-refractivity contribution in [2.45, 2.75) is 44.8 Å². The third kappa shape index (κ3) is 3.08. The number of methoxy groups -OCH3 is 1. The van der Waals surface area contributed by atoms with E-state index in [0.29, 0.717) is 28.4 Å². The summed E-state index contributed by atoms with van der Waals surface area (Å²) in [6.45, 7) is 1.76. The second-order valence-electron chi connectivity index (χ2n) is 7.21. The number of anilines is 1. The standard InChI is InChI=1S/C20H22N2O6/c1-11-22(16(10-27-11)20(24)25)15-8-17-14(7-18(15)26-2)21-19(28-17)13-5-3-12(9-23)4-6-13/h7-13H,3-6H2,1-2H3,(H,24,25). The smallest absolute Gasteiger partial charge is 0.355 e. The highest BCUT2D eigenvalue weighted by atomic mass is 16.5. The van der Waals surface area contributed by atoms with E-state index in [1.165, 1.54) is 13.4 Å². The second kappa shape index (κ2) is 7.18. The Bertz CT molecular complexity index is 942. The van der Waals surface area contributed by atoms with Crippen LogP contribution in [-0.2, 0) is 14.3 Å². The van der Waals surface area contributed by atoms with E-state index in [1.807, 2.05) is 0 Å². The van der Waals surface area contributed by atoms with E-state index in [2.05, 4.69) is 4.98 Å². The zero-order chi connectivity index (χ0) is 19.8. The molecule has 0 amide bonds. The van der Waals surface area contributed by atoms with Crippen LogP contribution in [0.15, 0.2) is 28.5 Å². The van der Waals surface area contributed by atoms with Crippen LogP contribution in [0.1, 0.15) is 44.4 Å². The lowest BCUT2D eigenvalue weighted by atomic mass is 9.83. The summed E-state index contributed by atoms with van der Waals surface area (Å²) in [5.41, 5.74) is 1.78. The van der Waals surface area contributed by atoms with Gasteiger partial charge >= 0.3 is 5.97 Å². The van der Waals surface area contributed by atoms with Gasteiger partial charge in [0.15, 0.2) is 23.4 Å². The first-order valence-corrected chi connectivity index (χ1v) is 9.33. The molecule has 0 spiro atoms. The fourth-order valence-electron chi connectivity index (χ4n) is 3.95. The molecule has 4 rings (SSSR count). The average molecular weight is 386 g/mol. The van der Waals surface area contributed by atoms with Gasteiger partial charge in [0.2, 0.25) is 0 Å². The lowest BCUT2D eigenvalue weighted by Crippen LogP contribution is -2.31. The monoisotopic (exact) mass is 386 g/mol. The quantitative estimate of drug-likeness (QED) is 0.780. The number of carboxylic acid groups (broad SMARTS) is 1. The average Bonchev–Trinajstić information content (AvgIpc) is 3.29. The minimum Gasteiger partial charge on any atom is -0.494 e. The molecule has 0 radical (unpaired) electrons. The number of hydrogen-bond donors (Lipinski definition) is 1. The minimum atomic E-state index is -1.09. The summed E-state index contributed by atoms with van der Waals surface area (Å²) in [5, 5.41) is 9.46. The Labute approximate surface area is 161 Å². The van der Waals surface area contributed by atoms with Gasteiger partial charge in [-0.05, 0) is 32.6 Å². The number of rotatable bonds is 5. The van der Waals surface area contributed by atoms with Gasteiger partial charge in [0.05, 0.1) is 12.8 Å². The number of carbonyl (C=O) groups excluding carboxylic acids is 1. The first-order chi connectivity index (χ1) is 13.5. The molecule has 148 valence electrons. The van der Waals surface area contributed by atoms with Crippen LogP contribution < -0.4 is 9.64 Å². The molecule has 8 nitrogen and oxygen atoms in total. The highest BCUT2D eigenvalue weighted by molar-refractivity contribution is 5.94. The number of aliphatic carboxylic acids is 1. The van der Waals surface area contributed by atoms with Gasteiger partial charge in [0.25, 0.3) is 0 Å². The number of carbonyl (C=O) groups is 2. The molecule has 1 atom stereocenters. The van der Waals surface area contributed by atoms with Crippen molar-refractivity contribution >= 4 is 29.0 Å². The van der Waals surface area contributed by atoms with Crippen LogP contribution in [0.2, 0.25) is 0 Å². The molecule has 1 fully saturated rings. The number of oxazole rings is 1. The maximum atomic E-state index is 11.6. The molecule has 2 aliphatic rings. The van der Waals surface area contributed by atoms with Gasteiger partial charge < -0.3 is 23.8 Å². The number of carboxylic acids is 1. The summed E-state index contributed by atoms with van der Waals surface area (Å²) in [7, 11) is 1.53. The molecule has 2 heterocycles. The summed E-state index contributed by atoms with van der Waals surface area (Å²) in [6, 6.07) is 3.49. The molecule has 1 aliphatic carbocycles. The third-order valence-electron chi connectivity index (χ3n) is 5.50. The normalized spacial score (nSPS) is 24.7. The van der Waals surface area contributed by atoms with Crippen LogP contribution in [0.4, 0.5) is 5.69 Å². The molecule has 0 bridgehead atoms. The number of aldehydes is 1. The lowest BCUT2D eigenvalue weighted by Gasteiger charge is -2.25. The summed E-state index contributed by atoms with van der Waals surface area (Å²) >= 11 is 0. The van der Waals surface area contributed by atoms with Gasteiger partial charge in [0.1, 0.15) is 23.8 Å². The summed E-state index contributed by atoms with van der Waals surface area (Å²) in [6.07, 6.45) is 5.19. The molecule has 1 aromatic carbocycles. The van der Waals surface area contributed by atoms with Crippen molar-refractivity contribution in [2.24, 2.45) is 5.92 Å². The number of hydrogen-bond acceptors (Lipinski definition) is 7. The highest BCUT2D eigenvalue weighted by Gasteiger charge is 2.33. The number of nitrogens with zero attached hydrogens (tertiary/aromatic N) is 2. The molecule has 1 unspecified atom stereocenters. The van der Waals surface area contributed by atoms with Crippen LogP contribution in [0, 0.1) is 5.92 Å². The van der Waals surface area contributed by atoms with Crippen molar-refractivity contribution in [3.8, 4) is 5.75 Å². The molecule has 1 N–H and O–H groups in total. The molecule has 1 aromatic heterocycles. The maximum absolute atomic E-state index is 11.6. The van der Waals surface area contributed by atoms with Crippen molar-refractivity contribution in [2.75, 3.05) is 12.0 Å². The van der Waals surface area contributed by atoms with Gasteiger partial charge in [-0.3, -0.25) is 4.90 Å². The van der Waals surface area contributed by atoms with Crippen LogP contribution >= 0.6 is 0 Å². The molecule has 8 heteroatoms. The molecular formula is C20H22N2O6. The van der Waals surface area contributed by atoms with Crippen molar-refractivity contribution in [1.29, 1.82) is 0 Å². The van der Waals surface area contributed by atoms with Crippen molar-refractivity contribution < 1.29 is 28.6 Å². The van der Waals surface area contributed by atoms with Crippen LogP contribution in [0.5, 0.6) is 5.75 Å². The van der Waals surface area contributed by atoms with Crippen LogP contribution in [0.3, 0.4) is 0 Å². The van der Waals surface area contributed by atoms with E-state index < -0.39 is 12.2 Å².